The van der Waals surface area contributed by atoms with Gasteiger partial charge in [0.2, 0.25) is 5.82 Å². The zero-order chi connectivity index (χ0) is 25.2. The van der Waals surface area contributed by atoms with Gasteiger partial charge in [-0.15, -0.1) is 13.2 Å². The number of rotatable bonds is 7. The standard InChI is InChI=1S/C23H16F5N3O4/c1-13-5-10-18(21(32)31(13)12-14-3-2-4-17(11-14)33-22(24)25)20-29-19(30-35-20)15-6-8-16(9-7-15)34-23(26,27)28/h2-11,22H,12H2,1H3. The van der Waals surface area contributed by atoms with Crippen LogP contribution in [0.4, 0.5) is 22.0 Å². The summed E-state index contributed by atoms with van der Waals surface area (Å²) in [5.41, 5.74) is 1.12. The van der Waals surface area contributed by atoms with Gasteiger partial charge >= 0.3 is 13.0 Å². The van der Waals surface area contributed by atoms with Gasteiger partial charge in [0.15, 0.2) is 0 Å². The summed E-state index contributed by atoms with van der Waals surface area (Å²) in [4.78, 5) is 17.3. The molecule has 2 heterocycles. The Bertz CT molecular complexity index is 1380. The summed E-state index contributed by atoms with van der Waals surface area (Å²) < 4.78 is 76.9. The molecule has 4 aromatic rings. The van der Waals surface area contributed by atoms with Gasteiger partial charge in [-0.05, 0) is 61.0 Å². The van der Waals surface area contributed by atoms with E-state index in [1.807, 2.05) is 0 Å². The van der Waals surface area contributed by atoms with Crippen molar-refractivity contribution >= 4 is 0 Å². The molecule has 4 rings (SSSR count). The van der Waals surface area contributed by atoms with Crippen molar-refractivity contribution in [2.75, 3.05) is 0 Å². The van der Waals surface area contributed by atoms with E-state index in [2.05, 4.69) is 19.6 Å². The number of nitrogens with zero attached hydrogens (tertiary/aromatic N) is 3. The molecule has 0 amide bonds. The fraction of sp³-hybridized carbons (Fsp3) is 0.174. The maximum absolute atomic E-state index is 13.1. The molecule has 0 spiro atoms. The van der Waals surface area contributed by atoms with Crippen LogP contribution in [0.25, 0.3) is 22.8 Å². The van der Waals surface area contributed by atoms with Crippen LogP contribution >= 0.6 is 0 Å². The van der Waals surface area contributed by atoms with Crippen LogP contribution < -0.4 is 15.0 Å². The summed E-state index contributed by atoms with van der Waals surface area (Å²) >= 11 is 0. The molecule has 7 nitrogen and oxygen atoms in total. The Morgan fingerprint density at radius 3 is 2.46 bits per heavy atom. The van der Waals surface area contributed by atoms with Crippen LogP contribution in [-0.2, 0) is 6.54 Å². The van der Waals surface area contributed by atoms with Gasteiger partial charge < -0.3 is 18.6 Å². The lowest BCUT2D eigenvalue weighted by molar-refractivity contribution is -0.274. The van der Waals surface area contributed by atoms with Gasteiger partial charge in [-0.25, -0.2) is 0 Å². The number of ether oxygens (including phenoxy) is 2. The molecular formula is C23H16F5N3O4. The van der Waals surface area contributed by atoms with Crippen molar-refractivity contribution in [3.8, 4) is 34.3 Å². The first kappa shape index (κ1) is 23.9. The minimum absolute atomic E-state index is 0.0347. The van der Waals surface area contributed by atoms with Crippen molar-refractivity contribution < 1.29 is 35.9 Å². The second-order valence-corrected chi connectivity index (χ2v) is 7.30. The van der Waals surface area contributed by atoms with E-state index in [1.54, 1.807) is 19.1 Å². The first-order valence-electron chi connectivity index (χ1n) is 10.0. The van der Waals surface area contributed by atoms with Crippen molar-refractivity contribution in [1.29, 1.82) is 0 Å². The molecule has 0 saturated carbocycles. The molecule has 0 aliphatic rings. The van der Waals surface area contributed by atoms with Crippen LogP contribution in [0.1, 0.15) is 11.3 Å². The fourth-order valence-electron chi connectivity index (χ4n) is 3.29. The number of hydrogen-bond donors (Lipinski definition) is 0. The fourth-order valence-corrected chi connectivity index (χ4v) is 3.29. The number of halogens is 5. The van der Waals surface area contributed by atoms with Crippen molar-refractivity contribution in [2.45, 2.75) is 26.4 Å². The molecular weight excluding hydrogens is 477 g/mol. The third kappa shape index (κ3) is 5.83. The van der Waals surface area contributed by atoms with Gasteiger partial charge in [0.05, 0.1) is 6.54 Å². The zero-order valence-corrected chi connectivity index (χ0v) is 17.9. The third-order valence-electron chi connectivity index (χ3n) is 4.86. The Morgan fingerprint density at radius 1 is 1.03 bits per heavy atom. The molecule has 2 aromatic heterocycles. The summed E-state index contributed by atoms with van der Waals surface area (Å²) in [5.74, 6) is -0.479. The Kier molecular flexibility index (Phi) is 6.54. The highest BCUT2D eigenvalue weighted by Gasteiger charge is 2.31. The monoisotopic (exact) mass is 493 g/mol. The summed E-state index contributed by atoms with van der Waals surface area (Å²) in [6.45, 7) is -1.20. The van der Waals surface area contributed by atoms with E-state index in [4.69, 9.17) is 4.52 Å². The highest BCUT2D eigenvalue weighted by atomic mass is 19.4. The largest absolute Gasteiger partial charge is 0.573 e. The molecule has 0 aliphatic carbocycles. The minimum Gasteiger partial charge on any atom is -0.435 e. The molecule has 0 unspecified atom stereocenters. The van der Waals surface area contributed by atoms with Gasteiger partial charge in [0.25, 0.3) is 11.4 Å². The van der Waals surface area contributed by atoms with Crippen LogP contribution in [0.3, 0.4) is 0 Å². The van der Waals surface area contributed by atoms with E-state index in [-0.39, 0.29) is 29.6 Å². The van der Waals surface area contributed by atoms with Gasteiger partial charge in [-0.2, -0.15) is 13.8 Å². The lowest BCUT2D eigenvalue weighted by Gasteiger charge is -2.12. The summed E-state index contributed by atoms with van der Waals surface area (Å²) in [6, 6.07) is 14.0. The predicted octanol–water partition coefficient (Wildman–Crippen LogP) is 5.42. The third-order valence-corrected chi connectivity index (χ3v) is 4.86. The molecule has 0 bridgehead atoms. The molecule has 2 aromatic carbocycles. The van der Waals surface area contributed by atoms with E-state index in [9.17, 15) is 26.7 Å². The second-order valence-electron chi connectivity index (χ2n) is 7.30. The average Bonchev–Trinajstić information content (AvgIpc) is 3.26. The Morgan fingerprint density at radius 2 is 1.77 bits per heavy atom. The van der Waals surface area contributed by atoms with Crippen LogP contribution in [0.2, 0.25) is 0 Å². The van der Waals surface area contributed by atoms with E-state index < -0.39 is 24.3 Å². The van der Waals surface area contributed by atoms with Crippen LogP contribution in [0.15, 0.2) is 70.0 Å². The van der Waals surface area contributed by atoms with Crippen molar-refractivity contribution in [2.24, 2.45) is 0 Å². The van der Waals surface area contributed by atoms with Crippen LogP contribution in [0, 0.1) is 6.92 Å². The highest BCUT2D eigenvalue weighted by molar-refractivity contribution is 5.60. The van der Waals surface area contributed by atoms with E-state index >= 15 is 0 Å². The number of pyridine rings is 1. The van der Waals surface area contributed by atoms with Gasteiger partial charge in [-0.1, -0.05) is 17.3 Å². The molecule has 182 valence electrons. The van der Waals surface area contributed by atoms with E-state index in [0.717, 1.165) is 12.1 Å². The SMILES string of the molecule is Cc1ccc(-c2nc(-c3ccc(OC(F)(F)F)cc3)no2)c(=O)n1Cc1cccc(OC(F)F)c1. The molecule has 0 fully saturated rings. The predicted molar refractivity (Wildman–Crippen MR) is 113 cm³/mol. The Labute approximate surface area is 194 Å². The maximum atomic E-state index is 13.1. The molecule has 0 saturated heterocycles. The highest BCUT2D eigenvalue weighted by Crippen LogP contribution is 2.26. The minimum atomic E-state index is -4.82. The van der Waals surface area contributed by atoms with Crippen molar-refractivity contribution in [3.05, 3.63) is 82.3 Å². The van der Waals surface area contributed by atoms with Crippen LogP contribution in [-0.4, -0.2) is 27.7 Å². The molecule has 12 heteroatoms. The van der Waals surface area contributed by atoms with E-state index in [1.165, 1.54) is 41.0 Å². The quantitative estimate of drug-likeness (QED) is 0.320. The van der Waals surface area contributed by atoms with Crippen molar-refractivity contribution in [3.63, 3.8) is 0 Å². The average molecular weight is 493 g/mol. The molecule has 0 radical (unpaired) electrons. The zero-order valence-electron chi connectivity index (χ0n) is 17.9. The maximum Gasteiger partial charge on any atom is 0.573 e. The van der Waals surface area contributed by atoms with E-state index in [0.29, 0.717) is 16.8 Å². The topological polar surface area (TPSA) is 79.4 Å². The number of alkyl halides is 5. The lowest BCUT2D eigenvalue weighted by Crippen LogP contribution is -2.24. The summed E-state index contributed by atoms with van der Waals surface area (Å²) in [6.07, 6.45) is -4.82. The number of aromatic nitrogens is 3. The molecule has 35 heavy (non-hydrogen) atoms. The Hall–Kier alpha value is -4.22. The first-order valence-corrected chi connectivity index (χ1v) is 10.0. The second kappa shape index (κ2) is 9.57. The van der Waals surface area contributed by atoms with Gasteiger partial charge in [-0.3, -0.25) is 4.79 Å². The van der Waals surface area contributed by atoms with Crippen LogP contribution in [0.5, 0.6) is 11.5 Å². The molecule has 0 N–H and O–H groups in total. The first-order chi connectivity index (χ1) is 16.6. The number of hydrogen-bond acceptors (Lipinski definition) is 6. The smallest absolute Gasteiger partial charge is 0.435 e. The molecule has 0 atom stereocenters. The summed E-state index contributed by atoms with van der Waals surface area (Å²) in [7, 11) is 0. The normalized spacial score (nSPS) is 11.6. The van der Waals surface area contributed by atoms with Gasteiger partial charge in [0, 0.05) is 11.3 Å². The van der Waals surface area contributed by atoms with Gasteiger partial charge in [0.1, 0.15) is 17.1 Å². The molecule has 0 aliphatic heterocycles. The van der Waals surface area contributed by atoms with Crippen molar-refractivity contribution in [1.82, 2.24) is 14.7 Å². The number of aryl methyl sites for hydroxylation is 1. The number of benzene rings is 2. The lowest BCUT2D eigenvalue weighted by atomic mass is 10.2. The summed E-state index contributed by atoms with van der Waals surface area (Å²) in [5, 5.41) is 3.80. The Balaban J connectivity index is 1.59.